The second-order valence-electron chi connectivity index (χ2n) is 6.35. The molecular formula is C17H22N2O2. The van der Waals surface area contributed by atoms with Crippen molar-refractivity contribution in [3.63, 3.8) is 0 Å². The van der Waals surface area contributed by atoms with Crippen molar-refractivity contribution < 1.29 is 9.59 Å². The van der Waals surface area contributed by atoms with E-state index in [1.807, 2.05) is 37.3 Å². The molecule has 4 heteroatoms. The predicted molar refractivity (Wildman–Crippen MR) is 80.1 cm³/mol. The molecular weight excluding hydrogens is 264 g/mol. The number of amides is 2. The monoisotopic (exact) mass is 286 g/mol. The molecule has 3 rings (SSSR count). The van der Waals surface area contributed by atoms with Crippen molar-refractivity contribution in [2.24, 2.45) is 17.6 Å². The summed E-state index contributed by atoms with van der Waals surface area (Å²) in [5.41, 5.74) is 6.17. The van der Waals surface area contributed by atoms with Gasteiger partial charge in [-0.3, -0.25) is 14.5 Å². The summed E-state index contributed by atoms with van der Waals surface area (Å²) in [7, 11) is 0. The lowest BCUT2D eigenvalue weighted by atomic mass is 9.81. The molecule has 2 fully saturated rings. The van der Waals surface area contributed by atoms with Gasteiger partial charge in [0.25, 0.3) is 0 Å². The first-order valence-electron chi connectivity index (χ1n) is 7.73. The van der Waals surface area contributed by atoms with Crippen molar-refractivity contribution in [1.82, 2.24) is 4.90 Å². The zero-order valence-corrected chi connectivity index (χ0v) is 12.4. The van der Waals surface area contributed by atoms with Crippen LogP contribution in [0, 0.1) is 11.8 Å². The van der Waals surface area contributed by atoms with Crippen LogP contribution in [0.5, 0.6) is 0 Å². The fourth-order valence-corrected chi connectivity index (χ4v) is 3.78. The van der Waals surface area contributed by atoms with E-state index in [-0.39, 0.29) is 30.2 Å². The molecule has 21 heavy (non-hydrogen) atoms. The van der Waals surface area contributed by atoms with Crippen molar-refractivity contribution >= 4 is 11.8 Å². The Morgan fingerprint density at radius 1 is 1.10 bits per heavy atom. The van der Waals surface area contributed by atoms with Crippen LogP contribution in [0.4, 0.5) is 0 Å². The SMILES string of the molecule is CC(CN)(c1ccccc1)N1C(=O)C2CCCCC2C1=O. The smallest absolute Gasteiger partial charge is 0.233 e. The van der Waals surface area contributed by atoms with Crippen LogP contribution in [0.2, 0.25) is 0 Å². The lowest BCUT2D eigenvalue weighted by Gasteiger charge is -2.37. The van der Waals surface area contributed by atoms with Crippen LogP contribution >= 0.6 is 0 Å². The lowest BCUT2D eigenvalue weighted by molar-refractivity contribution is -0.146. The molecule has 2 N–H and O–H groups in total. The number of benzene rings is 1. The van der Waals surface area contributed by atoms with Gasteiger partial charge in [-0.15, -0.1) is 0 Å². The quantitative estimate of drug-likeness (QED) is 0.865. The molecule has 0 bridgehead atoms. The third-order valence-corrected chi connectivity index (χ3v) is 5.13. The van der Waals surface area contributed by atoms with Crippen LogP contribution in [0.1, 0.15) is 38.2 Å². The molecule has 0 aromatic heterocycles. The molecule has 3 unspecified atom stereocenters. The van der Waals surface area contributed by atoms with Gasteiger partial charge < -0.3 is 5.73 Å². The molecule has 3 atom stereocenters. The Labute approximate surface area is 125 Å². The first-order chi connectivity index (χ1) is 10.1. The van der Waals surface area contributed by atoms with E-state index < -0.39 is 5.54 Å². The van der Waals surface area contributed by atoms with Crippen LogP contribution in [-0.2, 0) is 15.1 Å². The van der Waals surface area contributed by atoms with E-state index in [0.29, 0.717) is 0 Å². The van der Waals surface area contributed by atoms with Crippen molar-refractivity contribution in [1.29, 1.82) is 0 Å². The summed E-state index contributed by atoms with van der Waals surface area (Å²) in [6.45, 7) is 2.14. The molecule has 1 aromatic rings. The standard InChI is InChI=1S/C17H22N2O2/c1-17(11-18,12-7-3-2-4-8-12)19-15(20)13-9-5-6-10-14(13)16(19)21/h2-4,7-8,13-14H,5-6,9-11,18H2,1H3. The van der Waals surface area contributed by atoms with Crippen LogP contribution in [0.15, 0.2) is 30.3 Å². The molecule has 1 saturated carbocycles. The van der Waals surface area contributed by atoms with Crippen molar-refractivity contribution in [3.8, 4) is 0 Å². The maximum Gasteiger partial charge on any atom is 0.233 e. The van der Waals surface area contributed by atoms with Gasteiger partial charge in [-0.05, 0) is 25.3 Å². The van der Waals surface area contributed by atoms with Crippen LogP contribution in [0.3, 0.4) is 0 Å². The number of fused-ring (bicyclic) bond motifs is 1. The summed E-state index contributed by atoms with van der Waals surface area (Å²) in [6, 6.07) is 9.64. The van der Waals surface area contributed by atoms with E-state index in [2.05, 4.69) is 0 Å². The summed E-state index contributed by atoms with van der Waals surface area (Å²) in [4.78, 5) is 27.0. The Kier molecular flexibility index (Phi) is 3.57. The van der Waals surface area contributed by atoms with Crippen LogP contribution in [0.25, 0.3) is 0 Å². The Bertz CT molecular complexity index is 533. The maximum atomic E-state index is 12.8. The predicted octanol–water partition coefficient (Wildman–Crippen LogP) is 2.04. The van der Waals surface area contributed by atoms with Crippen molar-refractivity contribution in [3.05, 3.63) is 35.9 Å². The highest BCUT2D eigenvalue weighted by Gasteiger charge is 2.54. The molecule has 0 radical (unpaired) electrons. The minimum Gasteiger partial charge on any atom is -0.328 e. The first-order valence-corrected chi connectivity index (χ1v) is 7.73. The Morgan fingerprint density at radius 3 is 2.10 bits per heavy atom. The second-order valence-corrected chi connectivity index (χ2v) is 6.35. The topological polar surface area (TPSA) is 63.4 Å². The van der Waals surface area contributed by atoms with Gasteiger partial charge in [-0.1, -0.05) is 43.2 Å². The highest BCUT2D eigenvalue weighted by molar-refractivity contribution is 6.06. The molecule has 112 valence electrons. The van der Waals surface area contributed by atoms with Gasteiger partial charge >= 0.3 is 0 Å². The zero-order valence-electron chi connectivity index (χ0n) is 12.4. The van der Waals surface area contributed by atoms with Gasteiger partial charge in [0.15, 0.2) is 0 Å². The zero-order chi connectivity index (χ0) is 15.0. The molecule has 1 saturated heterocycles. The van der Waals surface area contributed by atoms with Crippen molar-refractivity contribution in [2.75, 3.05) is 6.54 Å². The maximum absolute atomic E-state index is 12.8. The van der Waals surface area contributed by atoms with E-state index in [4.69, 9.17) is 5.73 Å². The summed E-state index contributed by atoms with van der Waals surface area (Å²) in [6.07, 6.45) is 3.75. The minimum atomic E-state index is -0.743. The number of rotatable bonds is 3. The molecule has 2 aliphatic rings. The molecule has 1 aromatic carbocycles. The Balaban J connectivity index is 2.01. The van der Waals surface area contributed by atoms with Crippen LogP contribution < -0.4 is 5.73 Å². The van der Waals surface area contributed by atoms with E-state index in [9.17, 15) is 9.59 Å². The average molecular weight is 286 g/mol. The van der Waals surface area contributed by atoms with Gasteiger partial charge in [0, 0.05) is 6.54 Å². The molecule has 2 amide bonds. The lowest BCUT2D eigenvalue weighted by Crippen LogP contribution is -2.52. The van der Waals surface area contributed by atoms with Crippen molar-refractivity contribution in [2.45, 2.75) is 38.1 Å². The molecule has 4 nitrogen and oxygen atoms in total. The third kappa shape index (κ3) is 2.09. The van der Waals surface area contributed by atoms with Crippen LogP contribution in [-0.4, -0.2) is 23.3 Å². The summed E-state index contributed by atoms with van der Waals surface area (Å²) >= 11 is 0. The second kappa shape index (κ2) is 5.26. The fraction of sp³-hybridized carbons (Fsp3) is 0.529. The number of carbonyl (C=O) groups excluding carboxylic acids is 2. The highest BCUT2D eigenvalue weighted by atomic mass is 16.2. The Morgan fingerprint density at radius 2 is 1.62 bits per heavy atom. The fourth-order valence-electron chi connectivity index (χ4n) is 3.78. The van der Waals surface area contributed by atoms with Gasteiger partial charge in [0.2, 0.25) is 11.8 Å². The Hall–Kier alpha value is -1.68. The van der Waals surface area contributed by atoms with E-state index >= 15 is 0 Å². The molecule has 1 aliphatic carbocycles. The number of carbonyl (C=O) groups is 2. The average Bonchev–Trinajstić information content (AvgIpc) is 2.80. The van der Waals surface area contributed by atoms with Gasteiger partial charge in [-0.2, -0.15) is 0 Å². The van der Waals surface area contributed by atoms with Gasteiger partial charge in [0.05, 0.1) is 17.4 Å². The van der Waals surface area contributed by atoms with E-state index in [0.717, 1.165) is 31.2 Å². The van der Waals surface area contributed by atoms with Gasteiger partial charge in [0.1, 0.15) is 0 Å². The largest absolute Gasteiger partial charge is 0.328 e. The minimum absolute atomic E-state index is 0.0264. The number of hydrogen-bond donors (Lipinski definition) is 1. The number of nitrogens with zero attached hydrogens (tertiary/aromatic N) is 1. The number of nitrogens with two attached hydrogens (primary N) is 1. The van der Waals surface area contributed by atoms with Gasteiger partial charge in [-0.25, -0.2) is 0 Å². The summed E-state index contributed by atoms with van der Waals surface area (Å²) in [5.74, 6) is -0.301. The highest BCUT2D eigenvalue weighted by Crippen LogP contribution is 2.43. The molecule has 1 aliphatic heterocycles. The number of imide groups is 1. The summed E-state index contributed by atoms with van der Waals surface area (Å²) < 4.78 is 0. The third-order valence-electron chi connectivity index (χ3n) is 5.13. The normalized spacial score (nSPS) is 28.4. The van der Waals surface area contributed by atoms with E-state index in [1.165, 1.54) is 4.90 Å². The summed E-state index contributed by atoms with van der Waals surface area (Å²) in [5, 5.41) is 0. The molecule has 1 heterocycles. The molecule has 0 spiro atoms. The first kappa shape index (κ1) is 14.3. The number of likely N-dealkylation sites (tertiary alicyclic amines) is 1. The van der Waals surface area contributed by atoms with E-state index in [1.54, 1.807) is 0 Å². The number of hydrogen-bond acceptors (Lipinski definition) is 3.